The van der Waals surface area contributed by atoms with E-state index in [0.29, 0.717) is 17.9 Å². The number of aromatic nitrogens is 1. The van der Waals surface area contributed by atoms with E-state index in [2.05, 4.69) is 15.0 Å². The van der Waals surface area contributed by atoms with Crippen LogP contribution in [0.15, 0.2) is 41.4 Å². The summed E-state index contributed by atoms with van der Waals surface area (Å²) in [6.45, 7) is 2.43. The van der Waals surface area contributed by atoms with Crippen LogP contribution in [0.4, 0.5) is 11.4 Å². The Morgan fingerprint density at radius 1 is 1.24 bits per heavy atom. The molecule has 7 heteroatoms. The number of nitrogen functional groups attached to an aromatic ring is 1. The van der Waals surface area contributed by atoms with Gasteiger partial charge in [0.2, 0.25) is 10.0 Å². The van der Waals surface area contributed by atoms with Crippen LogP contribution in [-0.4, -0.2) is 20.4 Å². The maximum Gasteiger partial charge on any atom is 0.240 e. The molecule has 112 valence electrons. The molecule has 4 N–H and O–H groups in total. The van der Waals surface area contributed by atoms with Crippen molar-refractivity contribution in [3.05, 3.63) is 47.8 Å². The minimum atomic E-state index is -3.48. The van der Waals surface area contributed by atoms with Crippen molar-refractivity contribution in [2.75, 3.05) is 18.1 Å². The molecule has 2 rings (SSSR count). The zero-order chi connectivity index (χ0) is 15.5. The highest BCUT2D eigenvalue weighted by Gasteiger charge is 2.13. The maximum atomic E-state index is 11.8. The molecule has 21 heavy (non-hydrogen) atoms. The van der Waals surface area contributed by atoms with E-state index in [1.54, 1.807) is 12.3 Å². The molecule has 1 heterocycles. The Hall–Kier alpha value is -2.12. The topological polar surface area (TPSA) is 97.1 Å². The molecule has 0 radical (unpaired) electrons. The highest BCUT2D eigenvalue weighted by molar-refractivity contribution is 7.89. The molecule has 0 bridgehead atoms. The number of sulfonamides is 1. The largest absolute Gasteiger partial charge is 0.397 e. The van der Waals surface area contributed by atoms with Crippen molar-refractivity contribution >= 4 is 21.4 Å². The Kier molecular flexibility index (Phi) is 4.44. The number of anilines is 2. The third-order valence-corrected chi connectivity index (χ3v) is 4.47. The molecule has 0 aliphatic carbocycles. The lowest BCUT2D eigenvalue weighted by Gasteiger charge is -2.11. The second-order valence-corrected chi connectivity index (χ2v) is 6.50. The van der Waals surface area contributed by atoms with E-state index in [1.807, 2.05) is 19.1 Å². The Morgan fingerprint density at radius 2 is 2.00 bits per heavy atom. The van der Waals surface area contributed by atoms with Gasteiger partial charge in [0.15, 0.2) is 0 Å². The first-order valence-electron chi connectivity index (χ1n) is 6.41. The van der Waals surface area contributed by atoms with Gasteiger partial charge in [-0.3, -0.25) is 4.98 Å². The summed E-state index contributed by atoms with van der Waals surface area (Å²) in [5.41, 5.74) is 8.87. The first kappa shape index (κ1) is 15.3. The van der Waals surface area contributed by atoms with E-state index in [9.17, 15) is 8.42 Å². The minimum Gasteiger partial charge on any atom is -0.397 e. The number of benzene rings is 1. The lowest BCUT2D eigenvalue weighted by Crippen LogP contribution is -2.18. The number of hydrogen-bond donors (Lipinski definition) is 3. The average molecular weight is 306 g/mol. The van der Waals surface area contributed by atoms with E-state index in [0.717, 1.165) is 11.3 Å². The molecule has 0 spiro atoms. The van der Waals surface area contributed by atoms with Crippen LogP contribution in [0.1, 0.15) is 11.3 Å². The number of nitrogens with one attached hydrogen (secondary N) is 2. The number of nitrogens with two attached hydrogens (primary N) is 1. The Labute approximate surface area is 124 Å². The standard InChI is InChI=1S/C14H18N4O2S/c1-10-3-4-11(8-17-10)9-18-14-7-12(5-6-13(14)15)21(19,20)16-2/h3-8,16,18H,9,15H2,1-2H3. The molecule has 6 nitrogen and oxygen atoms in total. The van der Waals surface area contributed by atoms with Gasteiger partial charge in [-0.25, -0.2) is 13.1 Å². The van der Waals surface area contributed by atoms with Crippen LogP contribution >= 0.6 is 0 Å². The Bertz CT molecular complexity index is 727. The van der Waals surface area contributed by atoms with Gasteiger partial charge in [-0.1, -0.05) is 6.07 Å². The van der Waals surface area contributed by atoms with Gasteiger partial charge in [0.05, 0.1) is 16.3 Å². The van der Waals surface area contributed by atoms with Crippen LogP contribution in [0.3, 0.4) is 0 Å². The highest BCUT2D eigenvalue weighted by Crippen LogP contribution is 2.23. The van der Waals surface area contributed by atoms with Crippen LogP contribution < -0.4 is 15.8 Å². The van der Waals surface area contributed by atoms with E-state index in [4.69, 9.17) is 5.73 Å². The van der Waals surface area contributed by atoms with Gasteiger partial charge in [0.25, 0.3) is 0 Å². The summed E-state index contributed by atoms with van der Waals surface area (Å²) in [4.78, 5) is 4.38. The van der Waals surface area contributed by atoms with Crippen molar-refractivity contribution in [2.45, 2.75) is 18.4 Å². The summed E-state index contributed by atoms with van der Waals surface area (Å²) in [5.74, 6) is 0. The summed E-state index contributed by atoms with van der Waals surface area (Å²) in [6.07, 6.45) is 1.77. The molecule has 0 aliphatic rings. The SMILES string of the molecule is CNS(=O)(=O)c1ccc(N)c(NCc2ccc(C)nc2)c1. The third-order valence-electron chi connectivity index (χ3n) is 3.06. The van der Waals surface area contributed by atoms with Crippen LogP contribution in [0.2, 0.25) is 0 Å². The molecule has 0 atom stereocenters. The summed E-state index contributed by atoms with van der Waals surface area (Å²) in [6, 6.07) is 8.44. The Morgan fingerprint density at radius 3 is 2.62 bits per heavy atom. The predicted molar refractivity (Wildman–Crippen MR) is 83.4 cm³/mol. The molecule has 0 saturated carbocycles. The van der Waals surface area contributed by atoms with Crippen molar-refractivity contribution < 1.29 is 8.42 Å². The minimum absolute atomic E-state index is 0.170. The molecular weight excluding hydrogens is 288 g/mol. The van der Waals surface area contributed by atoms with E-state index in [-0.39, 0.29) is 4.90 Å². The van der Waals surface area contributed by atoms with Crippen LogP contribution in [0, 0.1) is 6.92 Å². The summed E-state index contributed by atoms with van der Waals surface area (Å²) in [7, 11) is -2.11. The van der Waals surface area contributed by atoms with E-state index >= 15 is 0 Å². The number of pyridine rings is 1. The zero-order valence-corrected chi connectivity index (χ0v) is 12.7. The van der Waals surface area contributed by atoms with Crippen molar-refractivity contribution in [3.63, 3.8) is 0 Å². The van der Waals surface area contributed by atoms with Crippen molar-refractivity contribution in [2.24, 2.45) is 0 Å². The van der Waals surface area contributed by atoms with Gasteiger partial charge < -0.3 is 11.1 Å². The fourth-order valence-corrected chi connectivity index (χ4v) is 2.53. The second kappa shape index (κ2) is 6.11. The number of nitrogens with zero attached hydrogens (tertiary/aromatic N) is 1. The average Bonchev–Trinajstić information content (AvgIpc) is 2.48. The molecule has 0 amide bonds. The number of rotatable bonds is 5. The monoisotopic (exact) mass is 306 g/mol. The van der Waals surface area contributed by atoms with Crippen LogP contribution in [0.5, 0.6) is 0 Å². The van der Waals surface area contributed by atoms with Gasteiger partial charge in [-0.15, -0.1) is 0 Å². The predicted octanol–water partition coefficient (Wildman–Crippen LogP) is 1.49. The lowest BCUT2D eigenvalue weighted by atomic mass is 10.2. The van der Waals surface area contributed by atoms with Crippen molar-refractivity contribution in [1.82, 2.24) is 9.71 Å². The summed E-state index contributed by atoms with van der Waals surface area (Å²) in [5, 5.41) is 3.13. The van der Waals surface area contributed by atoms with Gasteiger partial charge >= 0.3 is 0 Å². The molecule has 0 saturated heterocycles. The maximum absolute atomic E-state index is 11.8. The highest BCUT2D eigenvalue weighted by atomic mass is 32.2. The molecule has 0 unspecified atom stereocenters. The number of aryl methyl sites for hydroxylation is 1. The molecule has 1 aromatic heterocycles. The molecule has 2 aromatic rings. The van der Waals surface area contributed by atoms with Gasteiger partial charge in [0.1, 0.15) is 0 Å². The van der Waals surface area contributed by atoms with Gasteiger partial charge in [0, 0.05) is 18.4 Å². The quantitative estimate of drug-likeness (QED) is 0.727. The van der Waals surface area contributed by atoms with Crippen LogP contribution in [-0.2, 0) is 16.6 Å². The second-order valence-electron chi connectivity index (χ2n) is 4.62. The van der Waals surface area contributed by atoms with Crippen LogP contribution in [0.25, 0.3) is 0 Å². The first-order chi connectivity index (χ1) is 9.92. The lowest BCUT2D eigenvalue weighted by molar-refractivity contribution is 0.588. The van der Waals surface area contributed by atoms with Gasteiger partial charge in [-0.2, -0.15) is 0 Å². The molecule has 0 fully saturated rings. The van der Waals surface area contributed by atoms with E-state index in [1.165, 1.54) is 19.2 Å². The fraction of sp³-hybridized carbons (Fsp3) is 0.214. The number of hydrogen-bond acceptors (Lipinski definition) is 5. The van der Waals surface area contributed by atoms with Crippen molar-refractivity contribution in [3.8, 4) is 0 Å². The zero-order valence-electron chi connectivity index (χ0n) is 11.9. The molecule has 0 aliphatic heterocycles. The van der Waals surface area contributed by atoms with Crippen molar-refractivity contribution in [1.29, 1.82) is 0 Å². The normalized spacial score (nSPS) is 11.3. The first-order valence-corrected chi connectivity index (χ1v) is 7.89. The fourth-order valence-electron chi connectivity index (χ4n) is 1.77. The smallest absolute Gasteiger partial charge is 0.240 e. The van der Waals surface area contributed by atoms with Gasteiger partial charge in [-0.05, 0) is 43.8 Å². The Balaban J connectivity index is 2.20. The third kappa shape index (κ3) is 3.71. The molecular formula is C14H18N4O2S. The summed E-state index contributed by atoms with van der Waals surface area (Å²) >= 11 is 0. The molecule has 1 aromatic carbocycles. The van der Waals surface area contributed by atoms with E-state index < -0.39 is 10.0 Å². The summed E-state index contributed by atoms with van der Waals surface area (Å²) < 4.78 is 25.9.